The smallest absolute Gasteiger partial charge is 0.312 e. The number of phenols is 3. The molecule has 0 fully saturated rings. The molecule has 2 aromatic rings. The van der Waals surface area contributed by atoms with Gasteiger partial charge in [0.25, 0.3) is 11.7 Å². The molecule has 53 heavy (non-hydrogen) atoms. The number of nitrogens with one attached hydrogen (secondary N) is 2. The summed E-state index contributed by atoms with van der Waals surface area (Å²) in [6.07, 6.45) is 3.62. The maximum Gasteiger partial charge on any atom is 0.312 e. The van der Waals surface area contributed by atoms with Gasteiger partial charge in [0, 0.05) is 73.3 Å². The Morgan fingerprint density at radius 3 is 2.23 bits per heavy atom. The summed E-state index contributed by atoms with van der Waals surface area (Å²) >= 11 is 0. The third-order valence-corrected chi connectivity index (χ3v) is 10.4. The van der Waals surface area contributed by atoms with Gasteiger partial charge in [0.1, 0.15) is 23.4 Å². The van der Waals surface area contributed by atoms with Gasteiger partial charge in [0.15, 0.2) is 5.75 Å². The van der Waals surface area contributed by atoms with E-state index in [4.69, 9.17) is 18.9 Å². The average Bonchev–Trinajstić information content (AvgIpc) is 3.38. The predicted molar refractivity (Wildman–Crippen MR) is 197 cm³/mol. The molecular formula is C39H52N2O12. The Bertz CT molecular complexity index is 1850. The molecule has 3 aliphatic rings. The predicted octanol–water partition coefficient (Wildman–Crippen LogP) is 4.47. The largest absolute Gasteiger partial charge is 0.507 e. The Balaban J connectivity index is 1.94. The molecule has 5 bridgehead atoms. The fourth-order valence-corrected chi connectivity index (χ4v) is 7.14. The first-order valence-corrected chi connectivity index (χ1v) is 17.5. The molecule has 0 aliphatic carbocycles. The highest BCUT2D eigenvalue weighted by molar-refractivity contribution is 6.22. The number of carbonyl (C=O) groups excluding carboxylic acids is 3. The third-order valence-electron chi connectivity index (χ3n) is 10.4. The highest BCUT2D eigenvalue weighted by Gasteiger charge is 2.50. The lowest BCUT2D eigenvalue weighted by molar-refractivity contribution is -0.160. The van der Waals surface area contributed by atoms with E-state index in [1.165, 1.54) is 53.2 Å². The minimum absolute atomic E-state index is 0.0362. The summed E-state index contributed by atoms with van der Waals surface area (Å²) < 4.78 is 23.4. The molecule has 290 valence electrons. The van der Waals surface area contributed by atoms with Crippen LogP contribution in [0.4, 0.5) is 5.69 Å². The van der Waals surface area contributed by atoms with Crippen molar-refractivity contribution in [2.75, 3.05) is 19.5 Å². The number of allylic oxidation sites excluding steroid dienone is 2. The minimum Gasteiger partial charge on any atom is -0.507 e. The number of benzene rings is 2. The Kier molecular flexibility index (Phi) is 12.5. The zero-order chi connectivity index (χ0) is 39.7. The van der Waals surface area contributed by atoms with Crippen molar-refractivity contribution in [2.45, 2.75) is 92.1 Å². The molecule has 0 aromatic heterocycles. The van der Waals surface area contributed by atoms with Crippen molar-refractivity contribution in [2.24, 2.45) is 23.7 Å². The minimum atomic E-state index is -2.01. The molecule has 1 amide bonds. The fourth-order valence-electron chi connectivity index (χ4n) is 7.14. The number of Topliss-reactive ketones (excluding diaryl/α,β-unsaturated/α-hetero) is 1. The zero-order valence-corrected chi connectivity index (χ0v) is 31.8. The number of aliphatic hydroxyl groups excluding tert-OH is 2. The van der Waals surface area contributed by atoms with Crippen molar-refractivity contribution < 1.29 is 58.9 Å². The van der Waals surface area contributed by atoms with Crippen LogP contribution in [0.25, 0.3) is 10.8 Å². The summed E-state index contributed by atoms with van der Waals surface area (Å²) in [5.41, 5.74) is -0.0314. The average molecular weight is 741 g/mol. The van der Waals surface area contributed by atoms with E-state index in [2.05, 4.69) is 10.6 Å². The number of methoxy groups -OCH3 is 1. The maximum absolute atomic E-state index is 14.2. The van der Waals surface area contributed by atoms with Crippen molar-refractivity contribution in [1.82, 2.24) is 5.32 Å². The SMILES string of the molecule is CNCc1c2c(O)c3c(O)c(C)c4c(c3c1O)C(=O)[C@@](C)(OC=C[C@H](OC)[C@H](C)[C@H](OC(C)=O)[C@H](C)[C@H](O)[C@H](C)[C@H](O)[C@@H](C)C=CC=C(C)C(=O)N2)O4. The first-order valence-electron chi connectivity index (χ1n) is 17.5. The molecule has 0 saturated carbocycles. The number of fused-ring (bicyclic) bond motifs is 14. The topological polar surface area (TPSA) is 213 Å². The van der Waals surface area contributed by atoms with Crippen LogP contribution < -0.4 is 15.4 Å². The van der Waals surface area contributed by atoms with E-state index in [0.717, 1.165) is 0 Å². The van der Waals surface area contributed by atoms with Gasteiger partial charge in [-0.15, -0.1) is 0 Å². The highest BCUT2D eigenvalue weighted by atomic mass is 16.7. The first-order chi connectivity index (χ1) is 24.8. The number of aromatic hydroxyl groups is 3. The molecule has 2 aromatic carbocycles. The van der Waals surface area contributed by atoms with Crippen LogP contribution in [0.3, 0.4) is 0 Å². The van der Waals surface area contributed by atoms with Crippen LogP contribution in [0.2, 0.25) is 0 Å². The lowest BCUT2D eigenvalue weighted by Gasteiger charge is -2.38. The van der Waals surface area contributed by atoms with E-state index < -0.39 is 88.8 Å². The lowest BCUT2D eigenvalue weighted by atomic mass is 9.78. The van der Waals surface area contributed by atoms with Crippen LogP contribution >= 0.6 is 0 Å². The molecule has 0 spiro atoms. The monoisotopic (exact) mass is 740 g/mol. The van der Waals surface area contributed by atoms with Gasteiger partial charge in [-0.1, -0.05) is 45.9 Å². The number of ether oxygens (including phenoxy) is 4. The second-order valence-electron chi connectivity index (χ2n) is 14.2. The lowest BCUT2D eigenvalue weighted by Crippen LogP contribution is -2.46. The summed E-state index contributed by atoms with van der Waals surface area (Å²) in [7, 11) is 3.02. The van der Waals surface area contributed by atoms with E-state index in [-0.39, 0.29) is 51.0 Å². The van der Waals surface area contributed by atoms with Gasteiger partial charge in [-0.25, -0.2) is 0 Å². The summed E-state index contributed by atoms with van der Waals surface area (Å²) in [5, 5.41) is 62.4. The summed E-state index contributed by atoms with van der Waals surface area (Å²) in [6.45, 7) is 12.5. The van der Waals surface area contributed by atoms with Gasteiger partial charge in [-0.3, -0.25) is 14.4 Å². The summed E-state index contributed by atoms with van der Waals surface area (Å²) in [6, 6.07) is 0. The normalized spacial score (nSPS) is 29.8. The van der Waals surface area contributed by atoms with Crippen molar-refractivity contribution in [3.05, 3.63) is 52.8 Å². The van der Waals surface area contributed by atoms with Gasteiger partial charge >= 0.3 is 11.8 Å². The Labute approximate surface area is 309 Å². The van der Waals surface area contributed by atoms with Crippen LogP contribution in [0.15, 0.2) is 36.1 Å². The quantitative estimate of drug-likeness (QED) is 0.131. The van der Waals surface area contributed by atoms with E-state index in [1.807, 2.05) is 0 Å². The molecule has 3 aliphatic heterocycles. The van der Waals surface area contributed by atoms with Crippen LogP contribution in [0.1, 0.15) is 70.0 Å². The van der Waals surface area contributed by atoms with Crippen LogP contribution in [-0.4, -0.2) is 87.6 Å². The first kappa shape index (κ1) is 41.1. The molecular weight excluding hydrogens is 688 g/mol. The Morgan fingerprint density at radius 1 is 0.962 bits per heavy atom. The number of hydrogen-bond donors (Lipinski definition) is 7. The number of aliphatic hydroxyl groups is 2. The van der Waals surface area contributed by atoms with Crippen molar-refractivity contribution in [3.8, 4) is 23.0 Å². The van der Waals surface area contributed by atoms with Gasteiger partial charge in [-0.2, -0.15) is 0 Å². The van der Waals surface area contributed by atoms with Crippen molar-refractivity contribution in [3.63, 3.8) is 0 Å². The number of rotatable bonds is 4. The van der Waals surface area contributed by atoms with E-state index in [0.29, 0.717) is 0 Å². The Hall–Kier alpha value is -4.63. The van der Waals surface area contributed by atoms with Crippen LogP contribution in [-0.2, 0) is 30.3 Å². The molecule has 14 heteroatoms. The molecule has 5 rings (SSSR count). The number of amides is 1. The van der Waals surface area contributed by atoms with E-state index >= 15 is 0 Å². The van der Waals surface area contributed by atoms with Crippen LogP contribution in [0.5, 0.6) is 23.0 Å². The van der Waals surface area contributed by atoms with Crippen molar-refractivity contribution in [1.29, 1.82) is 0 Å². The second kappa shape index (κ2) is 16.2. The third kappa shape index (κ3) is 7.72. The van der Waals surface area contributed by atoms with Crippen molar-refractivity contribution >= 4 is 34.1 Å². The van der Waals surface area contributed by atoms with Gasteiger partial charge < -0.3 is 55.1 Å². The highest BCUT2D eigenvalue weighted by Crippen LogP contribution is 2.55. The maximum atomic E-state index is 14.2. The summed E-state index contributed by atoms with van der Waals surface area (Å²) in [4.78, 5) is 39.9. The van der Waals surface area contributed by atoms with Gasteiger partial charge in [0.2, 0.25) is 0 Å². The van der Waals surface area contributed by atoms with E-state index in [1.54, 1.807) is 46.9 Å². The number of esters is 1. The second-order valence-corrected chi connectivity index (χ2v) is 14.2. The standard InChI is InChI=1S/C39H52N2O12/c1-17-12-11-13-18(2)38(49)41-29-24(16-40-9)33(46)26-27(34(29)47)32(45)22(6)36-28(26)37(48)39(8,53-36)51-15-14-25(50-10)19(3)35(52-23(7)42)21(5)31(44)20(4)30(17)43/h11-15,17,19-21,25,30-31,35,40,43-47H,16H2,1-10H3,(H,41,49)/t17-,19-,20+,21+,25-,30+,31+,35-,39-/m0/s1. The molecule has 9 atom stereocenters. The van der Waals surface area contributed by atoms with Crippen LogP contribution in [0, 0.1) is 30.6 Å². The molecule has 7 N–H and O–H groups in total. The number of ketones is 1. The number of carbonyl (C=O) groups is 3. The van der Waals surface area contributed by atoms with Gasteiger partial charge in [0.05, 0.1) is 41.2 Å². The molecule has 0 saturated heterocycles. The molecule has 0 radical (unpaired) electrons. The van der Waals surface area contributed by atoms with E-state index in [9.17, 15) is 39.9 Å². The molecule has 14 nitrogen and oxygen atoms in total. The number of anilines is 1. The number of hydrogen-bond acceptors (Lipinski definition) is 13. The summed E-state index contributed by atoms with van der Waals surface area (Å²) in [5.74, 6) is -8.02. The van der Waals surface area contributed by atoms with Gasteiger partial charge in [-0.05, 0) is 27.0 Å². The molecule has 3 heterocycles. The number of phenolic OH excluding ortho intramolecular Hbond substituents is 3. The zero-order valence-electron chi connectivity index (χ0n) is 31.8. The molecule has 0 unspecified atom stereocenters. The fraction of sp³-hybridized carbons (Fsp3) is 0.513. The Morgan fingerprint density at radius 2 is 1.62 bits per heavy atom.